The lowest BCUT2D eigenvalue weighted by molar-refractivity contribution is 0.0865. The molecule has 1 aliphatic heterocycles. The Hall–Kier alpha value is -3.85. The topological polar surface area (TPSA) is 98.9 Å². The smallest absolute Gasteiger partial charge is 0.325 e. The highest BCUT2D eigenvalue weighted by Gasteiger charge is 2.27. The van der Waals surface area contributed by atoms with Crippen LogP contribution in [0.15, 0.2) is 42.7 Å². The van der Waals surface area contributed by atoms with Crippen LogP contribution < -0.4 is 15.4 Å². The highest BCUT2D eigenvalue weighted by Crippen LogP contribution is 2.32. The number of carbonyl (C=O) groups is 2. The van der Waals surface area contributed by atoms with Crippen LogP contribution in [0.2, 0.25) is 0 Å². The molecule has 2 N–H and O–H groups in total. The Labute approximate surface area is 196 Å². The number of ether oxygens (including phenoxy) is 2. The maximum absolute atomic E-state index is 13.0. The van der Waals surface area contributed by atoms with Crippen LogP contribution >= 0.6 is 0 Å². The lowest BCUT2D eigenvalue weighted by atomic mass is 10.1. The van der Waals surface area contributed by atoms with E-state index in [1.54, 1.807) is 34.6 Å². The number of nitrogens with zero attached hydrogens (tertiary/aromatic N) is 3. The highest BCUT2D eigenvalue weighted by atomic mass is 16.5. The lowest BCUT2D eigenvalue weighted by Crippen LogP contribution is -2.39. The fourth-order valence-corrected chi connectivity index (χ4v) is 4.61. The van der Waals surface area contributed by atoms with Gasteiger partial charge in [0.15, 0.2) is 5.75 Å². The van der Waals surface area contributed by atoms with Crippen LogP contribution in [0.5, 0.6) is 11.5 Å². The number of fused-ring (bicyclic) bond motifs is 2. The molecule has 9 heteroatoms. The van der Waals surface area contributed by atoms with E-state index in [4.69, 9.17) is 9.47 Å². The molecule has 0 saturated carbocycles. The van der Waals surface area contributed by atoms with E-state index in [1.807, 2.05) is 45.0 Å². The predicted octanol–water partition coefficient (Wildman–Crippen LogP) is 3.79. The number of amides is 2. The zero-order valence-corrected chi connectivity index (χ0v) is 19.6. The van der Waals surface area contributed by atoms with Crippen LogP contribution in [0, 0.1) is 13.8 Å². The number of rotatable bonds is 4. The summed E-state index contributed by atoms with van der Waals surface area (Å²) in [5.41, 5.74) is 3.69. The van der Waals surface area contributed by atoms with Gasteiger partial charge in [-0.2, -0.15) is 5.10 Å². The van der Waals surface area contributed by atoms with Crippen LogP contribution in [0.3, 0.4) is 0 Å². The molecule has 0 spiro atoms. The van der Waals surface area contributed by atoms with Crippen molar-refractivity contribution < 1.29 is 19.1 Å². The third-order valence-corrected chi connectivity index (χ3v) is 6.43. The first kappa shape index (κ1) is 22.0. The second kappa shape index (κ2) is 8.49. The van der Waals surface area contributed by atoms with Crippen molar-refractivity contribution in [3.63, 3.8) is 0 Å². The summed E-state index contributed by atoms with van der Waals surface area (Å²) in [4.78, 5) is 25.2. The number of benzene rings is 1. The monoisotopic (exact) mass is 461 g/mol. The summed E-state index contributed by atoms with van der Waals surface area (Å²) in [6.07, 6.45) is 4.16. The zero-order valence-electron chi connectivity index (χ0n) is 19.6. The van der Waals surface area contributed by atoms with E-state index in [9.17, 15) is 9.59 Å². The zero-order chi connectivity index (χ0) is 24.0. The number of aryl methyl sites for hydroxylation is 2. The van der Waals surface area contributed by atoms with E-state index in [0.29, 0.717) is 23.7 Å². The van der Waals surface area contributed by atoms with Crippen LogP contribution in [-0.4, -0.2) is 51.9 Å². The van der Waals surface area contributed by atoms with Crippen LogP contribution in [-0.2, 0) is 4.74 Å². The molecule has 0 radical (unpaired) electrons. The van der Waals surface area contributed by atoms with Gasteiger partial charge in [-0.1, -0.05) is 0 Å². The Morgan fingerprint density at radius 3 is 2.76 bits per heavy atom. The summed E-state index contributed by atoms with van der Waals surface area (Å²) in [6.45, 7) is 6.40. The molecule has 1 aromatic carbocycles. The fraction of sp³-hybridized carbons (Fsp3) is 0.320. The molecule has 4 heterocycles. The summed E-state index contributed by atoms with van der Waals surface area (Å²) in [6, 6.07) is 9.11. The SMILES string of the molecule is CNC(=O)n1c(C)cc2cc(Oc3ccnn4cc(C(=O)N[C@@H]5CCO[C@@H]5C)c(C)c34)ccc21. The van der Waals surface area contributed by atoms with Gasteiger partial charge in [-0.15, -0.1) is 0 Å². The largest absolute Gasteiger partial charge is 0.455 e. The van der Waals surface area contributed by atoms with Crippen LogP contribution in [0.4, 0.5) is 4.79 Å². The maximum atomic E-state index is 13.0. The Morgan fingerprint density at radius 1 is 1.21 bits per heavy atom. The summed E-state index contributed by atoms with van der Waals surface area (Å²) < 4.78 is 15.1. The van der Waals surface area contributed by atoms with Gasteiger partial charge in [0.05, 0.1) is 29.4 Å². The summed E-state index contributed by atoms with van der Waals surface area (Å²) in [7, 11) is 1.61. The minimum Gasteiger partial charge on any atom is -0.455 e. The Morgan fingerprint density at radius 2 is 2.03 bits per heavy atom. The molecule has 34 heavy (non-hydrogen) atoms. The van der Waals surface area contributed by atoms with Crippen molar-refractivity contribution in [1.82, 2.24) is 24.8 Å². The molecule has 2 atom stereocenters. The molecule has 1 aliphatic rings. The van der Waals surface area contributed by atoms with E-state index in [1.165, 1.54) is 0 Å². The van der Waals surface area contributed by atoms with E-state index < -0.39 is 0 Å². The molecule has 0 bridgehead atoms. The highest BCUT2D eigenvalue weighted by molar-refractivity contribution is 5.98. The molecule has 1 fully saturated rings. The van der Waals surface area contributed by atoms with Gasteiger partial charge in [-0.25, -0.2) is 9.31 Å². The quantitative estimate of drug-likeness (QED) is 0.482. The van der Waals surface area contributed by atoms with Crippen molar-refractivity contribution in [1.29, 1.82) is 0 Å². The predicted molar refractivity (Wildman–Crippen MR) is 128 cm³/mol. The number of nitrogens with one attached hydrogen (secondary N) is 2. The molecule has 9 nitrogen and oxygen atoms in total. The van der Waals surface area contributed by atoms with Crippen molar-refractivity contribution in [2.75, 3.05) is 13.7 Å². The lowest BCUT2D eigenvalue weighted by Gasteiger charge is -2.15. The van der Waals surface area contributed by atoms with Crippen molar-refractivity contribution >= 4 is 28.4 Å². The Bertz CT molecular complexity index is 1420. The van der Waals surface area contributed by atoms with Crippen molar-refractivity contribution in [2.24, 2.45) is 0 Å². The normalized spacial score (nSPS) is 17.9. The van der Waals surface area contributed by atoms with Gasteiger partial charge < -0.3 is 20.1 Å². The van der Waals surface area contributed by atoms with Gasteiger partial charge in [0, 0.05) is 37.0 Å². The second-order valence-corrected chi connectivity index (χ2v) is 8.60. The van der Waals surface area contributed by atoms with Crippen molar-refractivity contribution in [3.05, 3.63) is 59.5 Å². The molecular weight excluding hydrogens is 434 g/mol. The van der Waals surface area contributed by atoms with Gasteiger partial charge in [-0.3, -0.25) is 9.36 Å². The number of hydrogen-bond acceptors (Lipinski definition) is 5. The first-order chi connectivity index (χ1) is 16.4. The van der Waals surface area contributed by atoms with Gasteiger partial charge in [0.2, 0.25) is 0 Å². The van der Waals surface area contributed by atoms with Crippen molar-refractivity contribution in [2.45, 2.75) is 39.3 Å². The minimum atomic E-state index is -0.190. The van der Waals surface area contributed by atoms with E-state index in [2.05, 4.69) is 15.7 Å². The first-order valence-corrected chi connectivity index (χ1v) is 11.3. The van der Waals surface area contributed by atoms with E-state index in [0.717, 1.165) is 34.1 Å². The maximum Gasteiger partial charge on any atom is 0.325 e. The molecular formula is C25H27N5O4. The Kier molecular flexibility index (Phi) is 5.49. The first-order valence-electron chi connectivity index (χ1n) is 11.3. The summed E-state index contributed by atoms with van der Waals surface area (Å²) >= 11 is 0. The standard InChI is InChI=1S/C25H27N5O4/c1-14-11-17-12-18(5-6-21(17)30(14)25(32)26-4)34-22-7-9-27-29-13-19(15(2)23(22)29)24(31)28-20-8-10-33-16(20)3/h5-7,9,11-13,16,20H,8,10H2,1-4H3,(H,26,32)(H,28,31)/t16-,20-/m1/s1. The molecule has 176 valence electrons. The number of carbonyl (C=O) groups excluding carboxylic acids is 2. The molecule has 1 saturated heterocycles. The average molecular weight is 462 g/mol. The van der Waals surface area contributed by atoms with Crippen LogP contribution in [0.1, 0.15) is 35.0 Å². The van der Waals surface area contributed by atoms with Crippen LogP contribution in [0.25, 0.3) is 16.4 Å². The van der Waals surface area contributed by atoms with Crippen molar-refractivity contribution in [3.8, 4) is 11.5 Å². The third-order valence-electron chi connectivity index (χ3n) is 6.43. The van der Waals surface area contributed by atoms with Gasteiger partial charge >= 0.3 is 6.03 Å². The van der Waals surface area contributed by atoms with Gasteiger partial charge in [0.25, 0.3) is 5.91 Å². The number of hydrogen-bond donors (Lipinski definition) is 2. The fourth-order valence-electron chi connectivity index (χ4n) is 4.61. The molecule has 0 aliphatic carbocycles. The van der Waals surface area contributed by atoms with Gasteiger partial charge in [-0.05, 0) is 57.0 Å². The molecule has 0 unspecified atom stereocenters. The van der Waals surface area contributed by atoms with E-state index in [-0.39, 0.29) is 24.1 Å². The third kappa shape index (κ3) is 3.67. The van der Waals surface area contributed by atoms with E-state index >= 15 is 0 Å². The Balaban J connectivity index is 1.47. The molecule has 5 rings (SSSR count). The van der Waals surface area contributed by atoms with Gasteiger partial charge in [0.1, 0.15) is 11.3 Å². The second-order valence-electron chi connectivity index (χ2n) is 8.60. The summed E-state index contributed by atoms with van der Waals surface area (Å²) in [5.74, 6) is 1.06. The average Bonchev–Trinajstić information content (AvgIpc) is 3.48. The summed E-state index contributed by atoms with van der Waals surface area (Å²) in [5, 5.41) is 11.0. The molecule has 3 aromatic heterocycles. The molecule has 2 amide bonds. The molecule has 4 aromatic rings. The number of aromatic nitrogens is 3. The minimum absolute atomic E-state index is 0.00382.